The Balaban J connectivity index is 3.24. The van der Waals surface area contributed by atoms with Gasteiger partial charge in [-0.2, -0.15) is 0 Å². The van der Waals surface area contributed by atoms with Crippen molar-refractivity contribution >= 4 is 5.78 Å². The van der Waals surface area contributed by atoms with Gasteiger partial charge in [0.25, 0.3) is 0 Å². The minimum absolute atomic E-state index is 0.111. The lowest BCUT2D eigenvalue weighted by Crippen LogP contribution is -2.44. The van der Waals surface area contributed by atoms with Gasteiger partial charge in [-0.3, -0.25) is 4.79 Å². The van der Waals surface area contributed by atoms with Gasteiger partial charge in [-0.05, 0) is 6.42 Å². The van der Waals surface area contributed by atoms with E-state index in [4.69, 9.17) is 0 Å². The zero-order chi connectivity index (χ0) is 10.5. The summed E-state index contributed by atoms with van der Waals surface area (Å²) in [6.45, 7) is 11.1. The van der Waals surface area contributed by atoms with Crippen LogP contribution in [-0.4, -0.2) is 16.5 Å². The number of carbonyl (C=O) groups is 1. The number of Topliss-reactive ketones (excluding diaryl/α,β-unsaturated/α-hetero) is 1. The molecule has 1 aliphatic rings. The number of ketones is 1. The minimum Gasteiger partial charge on any atom is -0.377 e. The van der Waals surface area contributed by atoms with Crippen molar-refractivity contribution in [3.05, 3.63) is 12.7 Å². The number of hydrogen-bond donors (Lipinski definition) is 1. The highest BCUT2D eigenvalue weighted by Gasteiger charge is 2.60. The highest BCUT2D eigenvalue weighted by atomic mass is 16.3. The smallest absolute Gasteiger partial charge is 0.174 e. The van der Waals surface area contributed by atoms with Crippen LogP contribution in [-0.2, 0) is 4.79 Å². The topological polar surface area (TPSA) is 37.3 Å². The third-order valence-corrected chi connectivity index (χ3v) is 3.17. The van der Waals surface area contributed by atoms with Gasteiger partial charge in [0.05, 0.1) is 0 Å². The molecular weight excluding hydrogens is 164 g/mol. The summed E-state index contributed by atoms with van der Waals surface area (Å²) in [7, 11) is 0. The van der Waals surface area contributed by atoms with E-state index < -0.39 is 16.4 Å². The standard InChI is InChI=1S/C11H18O2/c1-6-11(13)8(12)9(2,3)7-10(11,4)5/h6,13H,1,7H2,2-5H3. The number of hydrogen-bond acceptors (Lipinski definition) is 2. The molecule has 2 nitrogen and oxygen atoms in total. The molecular formula is C11H18O2. The molecule has 0 spiro atoms. The van der Waals surface area contributed by atoms with Crippen LogP contribution in [0.5, 0.6) is 0 Å². The van der Waals surface area contributed by atoms with E-state index in [9.17, 15) is 9.90 Å². The first-order valence-electron chi connectivity index (χ1n) is 4.58. The van der Waals surface area contributed by atoms with E-state index in [1.165, 1.54) is 6.08 Å². The molecule has 0 aliphatic heterocycles. The highest BCUT2D eigenvalue weighted by molar-refractivity contribution is 5.96. The molecule has 1 saturated carbocycles. The average molecular weight is 182 g/mol. The summed E-state index contributed by atoms with van der Waals surface area (Å²) in [5, 5.41) is 10.2. The summed E-state index contributed by atoms with van der Waals surface area (Å²) in [6.07, 6.45) is 2.07. The van der Waals surface area contributed by atoms with Crippen LogP contribution in [0.15, 0.2) is 12.7 Å². The van der Waals surface area contributed by atoms with Gasteiger partial charge in [-0.1, -0.05) is 40.3 Å². The molecule has 0 radical (unpaired) electrons. The first kappa shape index (κ1) is 10.5. The van der Waals surface area contributed by atoms with Gasteiger partial charge < -0.3 is 5.11 Å². The van der Waals surface area contributed by atoms with Crippen LogP contribution in [0, 0.1) is 10.8 Å². The molecule has 1 unspecified atom stereocenters. The molecule has 1 aliphatic carbocycles. The Morgan fingerprint density at radius 3 is 2.00 bits per heavy atom. The Hall–Kier alpha value is -0.630. The Kier molecular flexibility index (Phi) is 1.96. The lowest BCUT2D eigenvalue weighted by molar-refractivity contribution is -0.139. The van der Waals surface area contributed by atoms with Crippen LogP contribution in [0.1, 0.15) is 34.1 Å². The molecule has 0 heterocycles. The number of carbonyl (C=O) groups excluding carboxylic acids is 1. The van der Waals surface area contributed by atoms with Gasteiger partial charge in [0.2, 0.25) is 0 Å². The Labute approximate surface area is 79.6 Å². The molecule has 2 heteroatoms. The fourth-order valence-electron chi connectivity index (χ4n) is 2.51. The summed E-state index contributed by atoms with van der Waals surface area (Å²) in [4.78, 5) is 11.9. The molecule has 1 N–H and O–H groups in total. The first-order chi connectivity index (χ1) is 5.67. The molecule has 0 aromatic heterocycles. The van der Waals surface area contributed by atoms with Crippen LogP contribution >= 0.6 is 0 Å². The van der Waals surface area contributed by atoms with Crippen LogP contribution < -0.4 is 0 Å². The van der Waals surface area contributed by atoms with E-state index in [-0.39, 0.29) is 5.78 Å². The van der Waals surface area contributed by atoms with Gasteiger partial charge in [-0.15, -0.1) is 0 Å². The van der Waals surface area contributed by atoms with E-state index in [2.05, 4.69) is 6.58 Å². The summed E-state index contributed by atoms with van der Waals surface area (Å²) in [5.41, 5.74) is -2.20. The van der Waals surface area contributed by atoms with Crippen molar-refractivity contribution in [1.29, 1.82) is 0 Å². The predicted molar refractivity (Wildman–Crippen MR) is 52.3 cm³/mol. The summed E-state index contributed by atoms with van der Waals surface area (Å²) in [5.74, 6) is -0.111. The SMILES string of the molecule is C=CC1(O)C(=O)C(C)(C)CC1(C)C. The molecule has 0 amide bonds. The second-order valence-corrected chi connectivity index (χ2v) is 5.24. The third kappa shape index (κ3) is 1.16. The molecule has 1 atom stereocenters. The van der Waals surface area contributed by atoms with Crippen molar-refractivity contribution in [2.75, 3.05) is 0 Å². The van der Waals surface area contributed by atoms with Crippen molar-refractivity contribution in [3.8, 4) is 0 Å². The molecule has 1 rings (SSSR count). The van der Waals surface area contributed by atoms with Gasteiger partial charge in [0, 0.05) is 10.8 Å². The maximum absolute atomic E-state index is 11.9. The Bertz CT molecular complexity index is 263. The van der Waals surface area contributed by atoms with E-state index in [0.717, 1.165) is 0 Å². The molecule has 0 bridgehead atoms. The van der Waals surface area contributed by atoms with Gasteiger partial charge in [0.15, 0.2) is 5.78 Å². The quantitative estimate of drug-likeness (QED) is 0.629. The zero-order valence-electron chi connectivity index (χ0n) is 8.85. The zero-order valence-corrected chi connectivity index (χ0v) is 8.85. The monoisotopic (exact) mass is 182 g/mol. The largest absolute Gasteiger partial charge is 0.377 e. The van der Waals surface area contributed by atoms with E-state index in [1.54, 1.807) is 0 Å². The summed E-state index contributed by atoms with van der Waals surface area (Å²) >= 11 is 0. The number of aliphatic hydroxyl groups is 1. The predicted octanol–water partition coefficient (Wildman–Crippen LogP) is 1.93. The van der Waals surface area contributed by atoms with Crippen LogP contribution in [0.4, 0.5) is 0 Å². The van der Waals surface area contributed by atoms with E-state index >= 15 is 0 Å². The third-order valence-electron chi connectivity index (χ3n) is 3.17. The summed E-state index contributed by atoms with van der Waals surface area (Å²) < 4.78 is 0. The highest BCUT2D eigenvalue weighted by Crippen LogP contribution is 2.52. The normalized spacial score (nSPS) is 36.2. The van der Waals surface area contributed by atoms with Gasteiger partial charge in [0.1, 0.15) is 5.60 Å². The second kappa shape index (κ2) is 2.44. The van der Waals surface area contributed by atoms with Gasteiger partial charge >= 0.3 is 0 Å². The first-order valence-corrected chi connectivity index (χ1v) is 4.58. The average Bonchev–Trinajstić information content (AvgIpc) is 2.09. The molecule has 0 aromatic rings. The van der Waals surface area contributed by atoms with Crippen LogP contribution in [0.3, 0.4) is 0 Å². The Morgan fingerprint density at radius 2 is 1.85 bits per heavy atom. The second-order valence-electron chi connectivity index (χ2n) is 5.24. The fourth-order valence-corrected chi connectivity index (χ4v) is 2.51. The van der Waals surface area contributed by atoms with E-state index in [1.807, 2.05) is 27.7 Å². The molecule has 1 fully saturated rings. The molecule has 0 saturated heterocycles. The van der Waals surface area contributed by atoms with Gasteiger partial charge in [-0.25, -0.2) is 0 Å². The lowest BCUT2D eigenvalue weighted by atomic mass is 9.77. The van der Waals surface area contributed by atoms with Crippen molar-refractivity contribution in [1.82, 2.24) is 0 Å². The maximum atomic E-state index is 11.9. The van der Waals surface area contributed by atoms with Crippen molar-refractivity contribution in [3.63, 3.8) is 0 Å². The Morgan fingerprint density at radius 1 is 1.38 bits per heavy atom. The maximum Gasteiger partial charge on any atom is 0.174 e. The summed E-state index contributed by atoms with van der Waals surface area (Å²) in [6, 6.07) is 0. The van der Waals surface area contributed by atoms with Crippen LogP contribution in [0.25, 0.3) is 0 Å². The molecule has 13 heavy (non-hydrogen) atoms. The minimum atomic E-state index is -1.35. The van der Waals surface area contributed by atoms with Crippen LogP contribution in [0.2, 0.25) is 0 Å². The van der Waals surface area contributed by atoms with Crippen molar-refractivity contribution < 1.29 is 9.90 Å². The number of rotatable bonds is 1. The van der Waals surface area contributed by atoms with E-state index in [0.29, 0.717) is 6.42 Å². The molecule has 0 aromatic carbocycles. The fraction of sp³-hybridized carbons (Fsp3) is 0.727. The molecule has 74 valence electrons. The van der Waals surface area contributed by atoms with Crippen molar-refractivity contribution in [2.45, 2.75) is 39.7 Å². The van der Waals surface area contributed by atoms with Crippen molar-refractivity contribution in [2.24, 2.45) is 10.8 Å². The lowest BCUT2D eigenvalue weighted by Gasteiger charge is -2.31.